The first kappa shape index (κ1) is 28.9. The molecule has 4 rings (SSSR count). The monoisotopic (exact) mass is 569 g/mol. The van der Waals surface area contributed by atoms with Gasteiger partial charge in [-0.2, -0.15) is 0 Å². The first-order valence-electron chi connectivity index (χ1n) is 12.5. The quantitative estimate of drug-likeness (QED) is 0.201. The van der Waals surface area contributed by atoms with Crippen LogP contribution in [0.5, 0.6) is 5.75 Å². The standard InChI is InChI=1S/C30H28BN3O4S2/c1-20-7-6-8-21(2)28(20)34-40(36,37)25-14-12-24(13-15-25)32-30(39)33-29(35)26-19-23(31)11-16-27(26)38-18-17-22-9-4-3-5-10-22/h3-16,19,34H,17-18H2,1-2H3,(H2,32,33,35,39). The molecule has 4 aromatic rings. The minimum Gasteiger partial charge on any atom is -0.492 e. The van der Waals surface area contributed by atoms with Crippen LogP contribution in [0.4, 0.5) is 11.4 Å². The van der Waals surface area contributed by atoms with Crippen LogP contribution in [-0.4, -0.2) is 33.9 Å². The summed E-state index contributed by atoms with van der Waals surface area (Å²) in [5, 5.41) is 5.56. The van der Waals surface area contributed by atoms with Crippen molar-refractivity contribution in [1.82, 2.24) is 5.32 Å². The molecule has 4 aromatic carbocycles. The Bertz CT molecular complexity index is 1610. The molecule has 1 amide bonds. The van der Waals surface area contributed by atoms with Crippen molar-refractivity contribution in [2.45, 2.75) is 25.2 Å². The zero-order chi connectivity index (χ0) is 28.7. The van der Waals surface area contributed by atoms with Gasteiger partial charge in [0.25, 0.3) is 15.9 Å². The molecule has 0 aliphatic carbocycles. The van der Waals surface area contributed by atoms with Gasteiger partial charge in [-0.3, -0.25) is 14.8 Å². The van der Waals surface area contributed by atoms with Crippen LogP contribution < -0.4 is 25.6 Å². The number of carbonyl (C=O) groups excluding carboxylic acids is 1. The van der Waals surface area contributed by atoms with E-state index in [1.807, 2.05) is 62.4 Å². The molecule has 0 unspecified atom stereocenters. The molecular formula is C30H28BN3O4S2. The molecule has 40 heavy (non-hydrogen) atoms. The van der Waals surface area contributed by atoms with Crippen LogP contribution in [0.25, 0.3) is 0 Å². The van der Waals surface area contributed by atoms with Crippen LogP contribution in [0.15, 0.2) is 95.9 Å². The maximum atomic E-state index is 13.0. The second kappa shape index (κ2) is 12.8. The van der Waals surface area contributed by atoms with E-state index in [4.69, 9.17) is 24.8 Å². The number of sulfonamides is 1. The van der Waals surface area contributed by atoms with Crippen molar-refractivity contribution >= 4 is 57.9 Å². The summed E-state index contributed by atoms with van der Waals surface area (Å²) in [6, 6.07) is 26.3. The topological polar surface area (TPSA) is 96.5 Å². The SMILES string of the molecule is [B]c1ccc(OCCc2ccccc2)c(C(=O)NC(=S)Nc2ccc(S(=O)(=O)Nc3c(C)cccc3C)cc2)c1. The molecular weight excluding hydrogens is 541 g/mol. The number of aryl methyl sites for hydroxylation is 2. The average Bonchev–Trinajstić information content (AvgIpc) is 2.92. The third kappa shape index (κ3) is 7.49. The van der Waals surface area contributed by atoms with Crippen molar-refractivity contribution in [2.75, 3.05) is 16.6 Å². The van der Waals surface area contributed by atoms with Crippen molar-refractivity contribution in [3.8, 4) is 5.75 Å². The van der Waals surface area contributed by atoms with Gasteiger partial charge in [-0.05, 0) is 73.1 Å². The number of amides is 1. The summed E-state index contributed by atoms with van der Waals surface area (Å²) in [5.74, 6) is -0.104. The average molecular weight is 570 g/mol. The van der Waals surface area contributed by atoms with Gasteiger partial charge in [-0.1, -0.05) is 66.1 Å². The van der Waals surface area contributed by atoms with Crippen LogP contribution in [0.3, 0.4) is 0 Å². The fourth-order valence-electron chi connectivity index (χ4n) is 3.99. The molecule has 0 aliphatic heterocycles. The number of para-hydroxylation sites is 1. The van der Waals surface area contributed by atoms with Gasteiger partial charge < -0.3 is 10.1 Å². The highest BCUT2D eigenvalue weighted by molar-refractivity contribution is 7.92. The van der Waals surface area contributed by atoms with Crippen molar-refractivity contribution in [1.29, 1.82) is 0 Å². The van der Waals surface area contributed by atoms with Gasteiger partial charge in [0, 0.05) is 12.1 Å². The summed E-state index contributed by atoms with van der Waals surface area (Å²) in [5.41, 5.74) is 4.48. The summed E-state index contributed by atoms with van der Waals surface area (Å²) in [7, 11) is 2.12. The Balaban J connectivity index is 1.38. The van der Waals surface area contributed by atoms with E-state index >= 15 is 0 Å². The number of anilines is 2. The van der Waals surface area contributed by atoms with Crippen LogP contribution in [0.1, 0.15) is 27.0 Å². The number of benzene rings is 4. The molecule has 2 radical (unpaired) electrons. The second-order valence-electron chi connectivity index (χ2n) is 9.14. The normalized spacial score (nSPS) is 10.9. The molecule has 3 N–H and O–H groups in total. The van der Waals surface area contributed by atoms with Crippen LogP contribution >= 0.6 is 12.2 Å². The molecule has 10 heteroatoms. The van der Waals surface area contributed by atoms with E-state index in [-0.39, 0.29) is 15.6 Å². The lowest BCUT2D eigenvalue weighted by Crippen LogP contribution is -2.34. The molecule has 202 valence electrons. The number of hydrogen-bond donors (Lipinski definition) is 3. The molecule has 0 heterocycles. The number of hydrogen-bond acceptors (Lipinski definition) is 5. The lowest BCUT2D eigenvalue weighted by molar-refractivity contribution is 0.0974. The van der Waals surface area contributed by atoms with Crippen LogP contribution in [0.2, 0.25) is 0 Å². The summed E-state index contributed by atoms with van der Waals surface area (Å²) in [6.45, 7) is 4.07. The smallest absolute Gasteiger partial charge is 0.261 e. The second-order valence-corrected chi connectivity index (χ2v) is 11.2. The van der Waals surface area contributed by atoms with Crippen molar-refractivity contribution < 1.29 is 17.9 Å². The summed E-state index contributed by atoms with van der Waals surface area (Å²) < 4.78 is 34.4. The lowest BCUT2D eigenvalue weighted by atomic mass is 9.94. The van der Waals surface area contributed by atoms with Gasteiger partial charge in [-0.25, -0.2) is 8.42 Å². The van der Waals surface area contributed by atoms with E-state index in [2.05, 4.69) is 15.4 Å². The lowest BCUT2D eigenvalue weighted by Gasteiger charge is -2.15. The molecule has 0 bridgehead atoms. The first-order valence-corrected chi connectivity index (χ1v) is 14.4. The van der Waals surface area contributed by atoms with E-state index in [9.17, 15) is 13.2 Å². The minimum atomic E-state index is -3.80. The molecule has 0 saturated carbocycles. The zero-order valence-electron chi connectivity index (χ0n) is 22.1. The Kier molecular flexibility index (Phi) is 9.24. The number of thiocarbonyl (C=S) groups is 1. The summed E-state index contributed by atoms with van der Waals surface area (Å²) in [4.78, 5) is 13.1. The molecule has 0 saturated heterocycles. The molecule has 0 aromatic heterocycles. The van der Waals surface area contributed by atoms with Gasteiger partial charge in [0.05, 0.1) is 22.8 Å². The zero-order valence-corrected chi connectivity index (χ0v) is 23.7. The maximum Gasteiger partial charge on any atom is 0.261 e. The Labute approximate surface area is 241 Å². The van der Waals surface area contributed by atoms with E-state index in [1.165, 1.54) is 18.2 Å². The Morgan fingerprint density at radius 3 is 2.25 bits per heavy atom. The van der Waals surface area contributed by atoms with Crippen molar-refractivity contribution in [2.24, 2.45) is 0 Å². The number of rotatable bonds is 9. The van der Waals surface area contributed by atoms with E-state index in [1.54, 1.807) is 24.3 Å². The number of ether oxygens (including phenoxy) is 1. The van der Waals surface area contributed by atoms with E-state index < -0.39 is 15.9 Å². The molecule has 0 atom stereocenters. The largest absolute Gasteiger partial charge is 0.492 e. The predicted molar refractivity (Wildman–Crippen MR) is 164 cm³/mol. The Morgan fingerprint density at radius 2 is 1.57 bits per heavy atom. The van der Waals surface area contributed by atoms with E-state index in [0.29, 0.717) is 35.6 Å². The minimum absolute atomic E-state index is 0.0342. The number of nitrogens with one attached hydrogen (secondary N) is 3. The summed E-state index contributed by atoms with van der Waals surface area (Å²) in [6.07, 6.45) is 0.679. The highest BCUT2D eigenvalue weighted by Gasteiger charge is 2.18. The Hall–Kier alpha value is -4.15. The van der Waals surface area contributed by atoms with Crippen LogP contribution in [-0.2, 0) is 16.4 Å². The van der Waals surface area contributed by atoms with E-state index in [0.717, 1.165) is 16.7 Å². The molecule has 0 spiro atoms. The fourth-order valence-corrected chi connectivity index (χ4v) is 5.41. The highest BCUT2D eigenvalue weighted by Crippen LogP contribution is 2.24. The molecule has 0 fully saturated rings. The highest BCUT2D eigenvalue weighted by atomic mass is 32.2. The van der Waals surface area contributed by atoms with Gasteiger partial charge in [0.15, 0.2) is 5.11 Å². The van der Waals surface area contributed by atoms with Gasteiger partial charge in [-0.15, -0.1) is 0 Å². The van der Waals surface area contributed by atoms with Crippen LogP contribution in [0, 0.1) is 13.8 Å². The third-order valence-corrected chi connectivity index (χ3v) is 7.68. The summed E-state index contributed by atoms with van der Waals surface area (Å²) >= 11 is 5.32. The first-order chi connectivity index (χ1) is 19.1. The number of carbonyl (C=O) groups is 1. The molecule has 7 nitrogen and oxygen atoms in total. The van der Waals surface area contributed by atoms with Crippen molar-refractivity contribution in [3.63, 3.8) is 0 Å². The van der Waals surface area contributed by atoms with Gasteiger partial charge in [0.1, 0.15) is 13.6 Å². The Morgan fingerprint density at radius 1 is 0.900 bits per heavy atom. The van der Waals surface area contributed by atoms with Gasteiger partial charge >= 0.3 is 0 Å². The molecule has 0 aliphatic rings. The van der Waals surface area contributed by atoms with Gasteiger partial charge in [0.2, 0.25) is 0 Å². The fraction of sp³-hybridized carbons (Fsp3) is 0.133. The third-order valence-electron chi connectivity index (χ3n) is 6.11. The van der Waals surface area contributed by atoms with Crippen molar-refractivity contribution in [3.05, 3.63) is 113 Å². The maximum absolute atomic E-state index is 13.0. The predicted octanol–water partition coefficient (Wildman–Crippen LogP) is 4.65.